The van der Waals surface area contributed by atoms with Crippen LogP contribution in [0.15, 0.2) is 6.20 Å². The Morgan fingerprint density at radius 1 is 1.21 bits per heavy atom. The van der Waals surface area contributed by atoms with Crippen molar-refractivity contribution in [3.05, 3.63) is 17.6 Å². The van der Waals surface area contributed by atoms with Crippen molar-refractivity contribution in [2.24, 2.45) is 0 Å². The molecule has 2 aromatic rings. The lowest BCUT2D eigenvalue weighted by atomic mass is 10.2. The van der Waals surface area contributed by atoms with E-state index in [-0.39, 0.29) is 0 Å². The lowest BCUT2D eigenvalue weighted by Crippen LogP contribution is -1.96. The van der Waals surface area contributed by atoms with Crippen LogP contribution in [0.25, 0.3) is 11.0 Å². The minimum Gasteiger partial charge on any atom is -0.383 e. The summed E-state index contributed by atoms with van der Waals surface area (Å²) in [6, 6.07) is 0. The first-order chi connectivity index (χ1) is 6.68. The summed E-state index contributed by atoms with van der Waals surface area (Å²) in [5.74, 6) is 1.25. The molecule has 2 rings (SSSR count). The van der Waals surface area contributed by atoms with Crippen LogP contribution in [-0.4, -0.2) is 15.0 Å². The van der Waals surface area contributed by atoms with Crippen LogP contribution >= 0.6 is 0 Å². The van der Waals surface area contributed by atoms with E-state index in [1.807, 2.05) is 33.9 Å². The van der Waals surface area contributed by atoms with Crippen molar-refractivity contribution in [1.82, 2.24) is 15.0 Å². The number of nitrogens with one attached hydrogen (secondary N) is 1. The normalized spacial score (nSPS) is 9.71. The van der Waals surface area contributed by atoms with Gasteiger partial charge in [0, 0.05) is 6.20 Å². The van der Waals surface area contributed by atoms with Crippen LogP contribution in [0.3, 0.4) is 0 Å². The molecule has 0 aliphatic carbocycles. The number of anilines is 1. The third-order valence-electron chi connectivity index (χ3n) is 1.87. The molecule has 0 radical (unpaired) electrons. The zero-order chi connectivity index (χ0) is 10.7. The zero-order valence-electron chi connectivity index (χ0n) is 9.05. The van der Waals surface area contributed by atoms with Crippen LogP contribution in [-0.2, 0) is 0 Å². The van der Waals surface area contributed by atoms with E-state index in [1.165, 1.54) is 0 Å². The smallest absolute Gasteiger partial charge is 0.143 e. The summed E-state index contributed by atoms with van der Waals surface area (Å²) < 4.78 is 0. The Morgan fingerprint density at radius 3 is 2.50 bits per heavy atom. The monoisotopic (exact) mass is 192 g/mol. The Balaban J connectivity index is 0.000000461. The highest BCUT2D eigenvalue weighted by Crippen LogP contribution is 2.20. The molecule has 0 amide bonds. The predicted octanol–water partition coefficient (Wildman–Crippen LogP) is 2.18. The highest BCUT2D eigenvalue weighted by Gasteiger charge is 2.05. The fraction of sp³-hybridized carbons (Fsp3) is 0.400. The van der Waals surface area contributed by atoms with E-state index in [0.717, 1.165) is 16.6 Å². The van der Waals surface area contributed by atoms with Crippen LogP contribution in [0, 0.1) is 13.8 Å². The van der Waals surface area contributed by atoms with Crippen LogP contribution in [0.1, 0.15) is 25.2 Å². The molecule has 0 spiro atoms. The van der Waals surface area contributed by atoms with Gasteiger partial charge < -0.3 is 10.7 Å². The molecule has 0 fully saturated rings. The lowest BCUT2D eigenvalue weighted by molar-refractivity contribution is 1.09. The molecule has 3 N–H and O–H groups in total. The largest absolute Gasteiger partial charge is 0.383 e. The molecule has 0 bridgehead atoms. The van der Waals surface area contributed by atoms with Crippen LogP contribution < -0.4 is 5.73 Å². The van der Waals surface area contributed by atoms with Gasteiger partial charge in [-0.05, 0) is 19.4 Å². The first-order valence-electron chi connectivity index (χ1n) is 4.76. The topological polar surface area (TPSA) is 67.6 Å². The van der Waals surface area contributed by atoms with Crippen molar-refractivity contribution < 1.29 is 0 Å². The van der Waals surface area contributed by atoms with Gasteiger partial charge in [-0.15, -0.1) is 0 Å². The summed E-state index contributed by atoms with van der Waals surface area (Å²) >= 11 is 0. The van der Waals surface area contributed by atoms with Gasteiger partial charge in [0.1, 0.15) is 17.3 Å². The quantitative estimate of drug-likeness (QED) is 0.672. The summed E-state index contributed by atoms with van der Waals surface area (Å²) in [6.07, 6.45) is 1.88. The van der Waals surface area contributed by atoms with Gasteiger partial charge in [0.25, 0.3) is 0 Å². The first kappa shape index (κ1) is 10.5. The van der Waals surface area contributed by atoms with Gasteiger partial charge in [-0.1, -0.05) is 13.8 Å². The number of nitrogen functional groups attached to an aromatic ring is 1. The highest BCUT2D eigenvalue weighted by molar-refractivity contribution is 5.89. The van der Waals surface area contributed by atoms with Gasteiger partial charge >= 0.3 is 0 Å². The number of fused-ring (bicyclic) bond motifs is 1. The van der Waals surface area contributed by atoms with E-state index in [9.17, 15) is 0 Å². The average Bonchev–Trinajstić information content (AvgIpc) is 2.51. The lowest BCUT2D eigenvalue weighted by Gasteiger charge is -1.97. The molecule has 0 saturated heterocycles. The van der Waals surface area contributed by atoms with E-state index in [2.05, 4.69) is 15.0 Å². The van der Waals surface area contributed by atoms with Crippen LogP contribution in [0.2, 0.25) is 0 Å². The van der Waals surface area contributed by atoms with Crippen molar-refractivity contribution in [1.29, 1.82) is 0 Å². The number of nitrogens with two attached hydrogens (primary N) is 1. The van der Waals surface area contributed by atoms with E-state index >= 15 is 0 Å². The summed E-state index contributed by atoms with van der Waals surface area (Å²) in [7, 11) is 0. The number of hydrogen-bond donors (Lipinski definition) is 2. The van der Waals surface area contributed by atoms with Crippen molar-refractivity contribution >= 4 is 16.9 Å². The molecular formula is C10H16N4. The average molecular weight is 192 g/mol. The highest BCUT2D eigenvalue weighted by atomic mass is 15.0. The molecular weight excluding hydrogens is 176 g/mol. The van der Waals surface area contributed by atoms with E-state index in [4.69, 9.17) is 5.73 Å². The molecule has 0 aliphatic rings. The van der Waals surface area contributed by atoms with Gasteiger partial charge in [-0.25, -0.2) is 9.97 Å². The fourth-order valence-electron chi connectivity index (χ4n) is 1.34. The Morgan fingerprint density at radius 2 is 1.86 bits per heavy atom. The van der Waals surface area contributed by atoms with Gasteiger partial charge in [-0.3, -0.25) is 0 Å². The van der Waals surface area contributed by atoms with E-state index in [1.54, 1.807) is 0 Å². The van der Waals surface area contributed by atoms with Crippen LogP contribution in [0.5, 0.6) is 0 Å². The maximum absolute atomic E-state index is 5.73. The maximum Gasteiger partial charge on any atom is 0.143 e. The number of H-pyrrole nitrogens is 1. The molecule has 0 saturated carbocycles. The molecule has 14 heavy (non-hydrogen) atoms. The van der Waals surface area contributed by atoms with Crippen molar-refractivity contribution in [2.75, 3.05) is 5.73 Å². The second-order valence-corrected chi connectivity index (χ2v) is 2.85. The summed E-state index contributed by atoms with van der Waals surface area (Å²) in [6.45, 7) is 7.81. The van der Waals surface area contributed by atoms with E-state index < -0.39 is 0 Å². The van der Waals surface area contributed by atoms with Crippen molar-refractivity contribution in [3.8, 4) is 0 Å². The van der Waals surface area contributed by atoms with Gasteiger partial charge in [0.05, 0.1) is 5.39 Å². The Hall–Kier alpha value is -1.58. The Kier molecular flexibility index (Phi) is 3.06. The SMILES string of the molecule is CC.Cc1nc(N)c2c(C)c[nH]c2n1. The molecule has 0 unspecified atom stereocenters. The summed E-state index contributed by atoms with van der Waals surface area (Å²) in [4.78, 5) is 11.3. The summed E-state index contributed by atoms with van der Waals surface area (Å²) in [5, 5.41) is 0.931. The molecule has 2 aromatic heterocycles. The van der Waals surface area contributed by atoms with Gasteiger partial charge in [-0.2, -0.15) is 0 Å². The third-order valence-corrected chi connectivity index (χ3v) is 1.87. The second-order valence-electron chi connectivity index (χ2n) is 2.85. The standard InChI is InChI=1S/C8H10N4.C2H6/c1-4-3-10-8-6(4)7(9)11-5(2)12-8;1-2/h3H,1-2H3,(H3,9,10,11,12);1-2H3. The molecule has 4 heteroatoms. The number of rotatable bonds is 0. The van der Waals surface area contributed by atoms with Crippen molar-refractivity contribution in [2.45, 2.75) is 27.7 Å². The number of aromatic amines is 1. The Bertz CT molecular complexity index is 431. The number of aryl methyl sites for hydroxylation is 2. The second kappa shape index (κ2) is 4.09. The molecule has 2 heterocycles. The number of hydrogen-bond acceptors (Lipinski definition) is 3. The molecule has 4 nitrogen and oxygen atoms in total. The molecule has 0 aliphatic heterocycles. The minimum atomic E-state index is 0.552. The minimum absolute atomic E-state index is 0.552. The summed E-state index contributed by atoms with van der Waals surface area (Å²) in [5.41, 5.74) is 7.63. The first-order valence-corrected chi connectivity index (χ1v) is 4.76. The van der Waals surface area contributed by atoms with Crippen LogP contribution in [0.4, 0.5) is 5.82 Å². The van der Waals surface area contributed by atoms with Gasteiger partial charge in [0.15, 0.2) is 0 Å². The maximum atomic E-state index is 5.73. The molecule has 76 valence electrons. The van der Waals surface area contributed by atoms with Crippen molar-refractivity contribution in [3.63, 3.8) is 0 Å². The van der Waals surface area contributed by atoms with E-state index in [0.29, 0.717) is 11.6 Å². The number of nitrogens with zero attached hydrogens (tertiary/aromatic N) is 2. The Labute approximate surface area is 83.6 Å². The molecule has 0 aromatic carbocycles. The third kappa shape index (κ3) is 1.69. The fourth-order valence-corrected chi connectivity index (χ4v) is 1.34. The molecule has 0 atom stereocenters. The number of aromatic nitrogens is 3. The zero-order valence-corrected chi connectivity index (χ0v) is 9.05. The van der Waals surface area contributed by atoms with Gasteiger partial charge in [0.2, 0.25) is 0 Å². The predicted molar refractivity (Wildman–Crippen MR) is 59.1 cm³/mol.